The molecule has 0 radical (unpaired) electrons. The molecule has 0 saturated carbocycles. The van der Waals surface area contributed by atoms with Gasteiger partial charge in [-0.3, -0.25) is 0 Å². The van der Waals surface area contributed by atoms with Crippen LogP contribution in [0.3, 0.4) is 0 Å². The van der Waals surface area contributed by atoms with Gasteiger partial charge in [0.05, 0.1) is 0 Å². The molecule has 1 saturated heterocycles. The maximum atomic E-state index is 3.69. The maximum Gasteiger partial charge on any atom is 0.0325 e. The predicted octanol–water partition coefficient (Wildman–Crippen LogP) is 4.47. The minimum Gasteiger partial charge on any atom is -0.310 e. The van der Waals surface area contributed by atoms with Crippen LogP contribution >= 0.6 is 12.4 Å². The summed E-state index contributed by atoms with van der Waals surface area (Å²) in [5, 5.41) is 3.69. The van der Waals surface area contributed by atoms with Gasteiger partial charge in [-0.1, -0.05) is 6.42 Å². The Morgan fingerprint density at radius 2 is 1.28 bits per heavy atom. The number of hydrogen-bond acceptors (Lipinski definition) is 1. The number of piperidine rings is 1. The zero-order chi connectivity index (χ0) is 12.6. The van der Waals surface area contributed by atoms with Crippen LogP contribution in [-0.4, -0.2) is 6.54 Å². The molecular weight excluding hydrogens is 242 g/mol. The highest BCUT2D eigenvalue weighted by molar-refractivity contribution is 5.85. The van der Waals surface area contributed by atoms with Crippen LogP contribution in [0.25, 0.3) is 0 Å². The average Bonchev–Trinajstić information content (AvgIpc) is 2.36. The zero-order valence-corrected chi connectivity index (χ0v) is 13.1. The van der Waals surface area contributed by atoms with E-state index in [0.717, 1.165) is 0 Å². The normalized spacial score (nSPS) is 19.5. The first kappa shape index (κ1) is 15.5. The van der Waals surface area contributed by atoms with Crippen molar-refractivity contribution in [1.29, 1.82) is 0 Å². The molecule has 2 rings (SSSR count). The lowest BCUT2D eigenvalue weighted by molar-refractivity contribution is 0.409. The average molecular weight is 268 g/mol. The van der Waals surface area contributed by atoms with Crippen LogP contribution in [0.4, 0.5) is 0 Å². The summed E-state index contributed by atoms with van der Waals surface area (Å²) in [5.74, 6) is 0. The third-order valence-corrected chi connectivity index (χ3v) is 4.72. The van der Waals surface area contributed by atoms with Crippen molar-refractivity contribution < 1.29 is 0 Å². The molecule has 102 valence electrons. The first-order valence-electron chi connectivity index (χ1n) is 6.84. The predicted molar refractivity (Wildman–Crippen MR) is 82.0 cm³/mol. The van der Waals surface area contributed by atoms with Crippen molar-refractivity contribution in [3.63, 3.8) is 0 Å². The van der Waals surface area contributed by atoms with Gasteiger partial charge < -0.3 is 5.32 Å². The molecule has 0 aliphatic carbocycles. The quantitative estimate of drug-likeness (QED) is 0.792. The summed E-state index contributed by atoms with van der Waals surface area (Å²) in [5.41, 5.74) is 9.02. The standard InChI is InChI=1S/C16H25N.ClH/c1-10-11(2)13(4)16(14(5)12(10)3)15-8-6-7-9-17-15;/h15,17H,6-9H2,1-5H3;1H/t15-;/m1./s1. The van der Waals surface area contributed by atoms with E-state index in [9.17, 15) is 0 Å². The second-order valence-corrected chi connectivity index (χ2v) is 5.54. The Morgan fingerprint density at radius 3 is 1.72 bits per heavy atom. The van der Waals surface area contributed by atoms with E-state index in [4.69, 9.17) is 0 Å². The molecule has 1 heterocycles. The van der Waals surface area contributed by atoms with Gasteiger partial charge in [-0.15, -0.1) is 12.4 Å². The van der Waals surface area contributed by atoms with Gasteiger partial charge in [-0.25, -0.2) is 0 Å². The highest BCUT2D eigenvalue weighted by Crippen LogP contribution is 2.33. The first-order valence-corrected chi connectivity index (χ1v) is 6.84. The molecule has 1 N–H and O–H groups in total. The molecule has 0 bridgehead atoms. The summed E-state index contributed by atoms with van der Waals surface area (Å²) in [6, 6.07) is 0.585. The lowest BCUT2D eigenvalue weighted by atomic mass is 9.84. The van der Waals surface area contributed by atoms with Gasteiger partial charge in [0.1, 0.15) is 0 Å². The third kappa shape index (κ3) is 2.57. The highest BCUT2D eigenvalue weighted by atomic mass is 35.5. The topological polar surface area (TPSA) is 12.0 Å². The summed E-state index contributed by atoms with van der Waals surface area (Å²) >= 11 is 0. The smallest absolute Gasteiger partial charge is 0.0325 e. The van der Waals surface area contributed by atoms with Crippen molar-refractivity contribution in [2.75, 3.05) is 6.54 Å². The summed E-state index contributed by atoms with van der Waals surface area (Å²) in [6.07, 6.45) is 3.99. The Labute approximate surface area is 118 Å². The molecular formula is C16H26ClN. The molecule has 0 amide bonds. The Balaban J connectivity index is 0.00000162. The van der Waals surface area contributed by atoms with Gasteiger partial charge in [0, 0.05) is 6.04 Å². The van der Waals surface area contributed by atoms with Crippen molar-refractivity contribution in [1.82, 2.24) is 5.32 Å². The Hall–Kier alpha value is -0.530. The summed E-state index contributed by atoms with van der Waals surface area (Å²) in [4.78, 5) is 0. The molecule has 0 unspecified atom stereocenters. The van der Waals surface area contributed by atoms with E-state index < -0.39 is 0 Å². The van der Waals surface area contributed by atoms with E-state index in [1.54, 1.807) is 5.56 Å². The second-order valence-electron chi connectivity index (χ2n) is 5.54. The molecule has 1 aromatic carbocycles. The SMILES string of the molecule is Cc1c(C)c(C)c([C@H]2CCCCN2)c(C)c1C.Cl. The van der Waals surface area contributed by atoms with Crippen LogP contribution < -0.4 is 5.32 Å². The fraction of sp³-hybridized carbons (Fsp3) is 0.625. The molecule has 1 fully saturated rings. The number of benzene rings is 1. The van der Waals surface area contributed by atoms with E-state index in [0.29, 0.717) is 6.04 Å². The fourth-order valence-electron chi connectivity index (χ4n) is 3.15. The lowest BCUT2D eigenvalue weighted by Crippen LogP contribution is -2.28. The largest absolute Gasteiger partial charge is 0.310 e. The van der Waals surface area contributed by atoms with Gasteiger partial charge in [0.15, 0.2) is 0 Å². The van der Waals surface area contributed by atoms with Crippen molar-refractivity contribution >= 4 is 12.4 Å². The molecule has 1 nitrogen and oxygen atoms in total. The van der Waals surface area contributed by atoms with Crippen LogP contribution in [0.1, 0.15) is 58.7 Å². The molecule has 0 spiro atoms. The summed E-state index contributed by atoms with van der Waals surface area (Å²) in [7, 11) is 0. The number of hydrogen-bond donors (Lipinski definition) is 1. The lowest BCUT2D eigenvalue weighted by Gasteiger charge is -2.29. The highest BCUT2D eigenvalue weighted by Gasteiger charge is 2.21. The van der Waals surface area contributed by atoms with Crippen LogP contribution in [0.5, 0.6) is 0 Å². The maximum absolute atomic E-state index is 3.69. The Kier molecular flexibility index (Phi) is 5.24. The second kappa shape index (κ2) is 6.08. The van der Waals surface area contributed by atoms with Gasteiger partial charge >= 0.3 is 0 Å². The van der Waals surface area contributed by atoms with E-state index in [2.05, 4.69) is 39.9 Å². The summed E-state index contributed by atoms with van der Waals surface area (Å²) < 4.78 is 0. The van der Waals surface area contributed by atoms with Crippen molar-refractivity contribution in [2.24, 2.45) is 0 Å². The molecule has 1 aromatic rings. The van der Waals surface area contributed by atoms with Gasteiger partial charge in [-0.05, 0) is 87.4 Å². The molecule has 0 aromatic heterocycles. The number of rotatable bonds is 1. The van der Waals surface area contributed by atoms with E-state index >= 15 is 0 Å². The van der Waals surface area contributed by atoms with Crippen LogP contribution in [0.2, 0.25) is 0 Å². The van der Waals surface area contributed by atoms with Crippen LogP contribution in [0, 0.1) is 34.6 Å². The number of halogens is 1. The number of nitrogens with one attached hydrogen (secondary N) is 1. The van der Waals surface area contributed by atoms with E-state index in [1.807, 2.05) is 0 Å². The van der Waals surface area contributed by atoms with Crippen molar-refractivity contribution in [2.45, 2.75) is 59.9 Å². The van der Waals surface area contributed by atoms with E-state index in [1.165, 1.54) is 53.6 Å². The first-order chi connectivity index (χ1) is 8.04. The summed E-state index contributed by atoms with van der Waals surface area (Å²) in [6.45, 7) is 12.5. The zero-order valence-electron chi connectivity index (χ0n) is 12.3. The third-order valence-electron chi connectivity index (χ3n) is 4.72. The van der Waals surface area contributed by atoms with Crippen molar-refractivity contribution in [3.05, 3.63) is 33.4 Å². The van der Waals surface area contributed by atoms with Crippen molar-refractivity contribution in [3.8, 4) is 0 Å². The van der Waals surface area contributed by atoms with Crippen LogP contribution in [-0.2, 0) is 0 Å². The minimum atomic E-state index is 0. The Bertz CT molecular complexity index is 402. The minimum absolute atomic E-state index is 0. The molecule has 1 atom stereocenters. The Morgan fingerprint density at radius 1 is 0.778 bits per heavy atom. The van der Waals surface area contributed by atoms with Crippen LogP contribution in [0.15, 0.2) is 0 Å². The van der Waals surface area contributed by atoms with Gasteiger partial charge in [0.25, 0.3) is 0 Å². The van der Waals surface area contributed by atoms with E-state index in [-0.39, 0.29) is 12.4 Å². The van der Waals surface area contributed by atoms with Gasteiger partial charge in [0.2, 0.25) is 0 Å². The molecule has 1 aliphatic heterocycles. The van der Waals surface area contributed by atoms with Gasteiger partial charge in [-0.2, -0.15) is 0 Å². The fourth-order valence-corrected chi connectivity index (χ4v) is 3.15. The monoisotopic (exact) mass is 267 g/mol. The molecule has 18 heavy (non-hydrogen) atoms. The molecule has 1 aliphatic rings. The molecule has 2 heteroatoms.